The molecule has 1 amide bonds. The second-order valence-electron chi connectivity index (χ2n) is 6.56. The number of alkyl halides is 3. The first kappa shape index (κ1) is 23.1. The van der Waals surface area contributed by atoms with Crippen LogP contribution in [0.3, 0.4) is 0 Å². The Kier molecular flexibility index (Phi) is 6.40. The number of sulfone groups is 1. The maximum atomic E-state index is 12.7. The third-order valence-corrected chi connectivity index (χ3v) is 5.65. The molecule has 0 spiro atoms. The SMILES string of the molecule is Cc1cc(C)c(NC(=O)CNc2ccc(S(=O)(=O)C(F)(F)F)cc2[N+](=O)[O-])c(C)c1. The van der Waals surface area contributed by atoms with Crippen molar-refractivity contribution in [2.24, 2.45) is 0 Å². The highest BCUT2D eigenvalue weighted by molar-refractivity contribution is 7.92. The minimum Gasteiger partial charge on any atom is -0.371 e. The molecule has 2 rings (SSSR count). The zero-order valence-corrected chi connectivity index (χ0v) is 16.9. The summed E-state index contributed by atoms with van der Waals surface area (Å²) in [5, 5.41) is 16.3. The fourth-order valence-electron chi connectivity index (χ4n) is 2.85. The second kappa shape index (κ2) is 8.30. The van der Waals surface area contributed by atoms with Gasteiger partial charge in [-0.3, -0.25) is 14.9 Å². The maximum absolute atomic E-state index is 12.7. The van der Waals surface area contributed by atoms with Gasteiger partial charge in [0.2, 0.25) is 5.91 Å². The molecule has 0 aliphatic rings. The lowest BCUT2D eigenvalue weighted by molar-refractivity contribution is -0.384. The van der Waals surface area contributed by atoms with Gasteiger partial charge in [-0.1, -0.05) is 17.7 Å². The van der Waals surface area contributed by atoms with E-state index in [1.807, 2.05) is 19.1 Å². The van der Waals surface area contributed by atoms with Crippen molar-refractivity contribution in [3.05, 3.63) is 57.1 Å². The molecule has 2 aromatic rings. The number of nitrogens with one attached hydrogen (secondary N) is 2. The van der Waals surface area contributed by atoms with Crippen LogP contribution < -0.4 is 10.6 Å². The summed E-state index contributed by atoms with van der Waals surface area (Å²) in [6, 6.07) is 5.43. The summed E-state index contributed by atoms with van der Waals surface area (Å²) in [4.78, 5) is 21.1. The molecule has 2 aromatic carbocycles. The van der Waals surface area contributed by atoms with Crippen LogP contribution in [0.1, 0.15) is 16.7 Å². The van der Waals surface area contributed by atoms with E-state index in [0.717, 1.165) is 22.8 Å². The highest BCUT2D eigenvalue weighted by Gasteiger charge is 2.47. The van der Waals surface area contributed by atoms with Crippen LogP contribution in [0.2, 0.25) is 0 Å². The van der Waals surface area contributed by atoms with Crippen molar-refractivity contribution in [3.8, 4) is 0 Å². The molecule has 12 heteroatoms. The number of carbonyl (C=O) groups excluding carboxylic acids is 1. The van der Waals surface area contributed by atoms with E-state index >= 15 is 0 Å². The van der Waals surface area contributed by atoms with Gasteiger partial charge in [0, 0.05) is 11.8 Å². The largest absolute Gasteiger partial charge is 0.501 e. The fourth-order valence-corrected chi connectivity index (χ4v) is 3.63. The van der Waals surface area contributed by atoms with Gasteiger partial charge < -0.3 is 10.6 Å². The number of rotatable bonds is 6. The molecular formula is C18H18F3N3O5S. The van der Waals surface area contributed by atoms with E-state index in [0.29, 0.717) is 17.8 Å². The number of hydrogen-bond acceptors (Lipinski definition) is 6. The molecule has 0 atom stereocenters. The summed E-state index contributed by atoms with van der Waals surface area (Å²) in [6.45, 7) is 5.06. The Morgan fingerprint density at radius 2 is 1.67 bits per heavy atom. The van der Waals surface area contributed by atoms with Crippen molar-refractivity contribution in [2.45, 2.75) is 31.2 Å². The van der Waals surface area contributed by atoms with Gasteiger partial charge in [-0.05, 0) is 44.0 Å². The van der Waals surface area contributed by atoms with Crippen LogP contribution in [-0.2, 0) is 14.6 Å². The molecular weight excluding hydrogens is 427 g/mol. The van der Waals surface area contributed by atoms with Gasteiger partial charge in [-0.25, -0.2) is 8.42 Å². The Morgan fingerprint density at radius 1 is 1.10 bits per heavy atom. The minimum atomic E-state index is -5.75. The number of benzene rings is 2. The first-order chi connectivity index (χ1) is 13.7. The molecule has 162 valence electrons. The number of amides is 1. The lowest BCUT2D eigenvalue weighted by Gasteiger charge is -2.14. The smallest absolute Gasteiger partial charge is 0.371 e. The summed E-state index contributed by atoms with van der Waals surface area (Å²) in [6.07, 6.45) is 0. The molecule has 0 saturated carbocycles. The zero-order valence-electron chi connectivity index (χ0n) is 16.1. The van der Waals surface area contributed by atoms with Gasteiger partial charge in [0.1, 0.15) is 5.69 Å². The molecule has 0 aliphatic carbocycles. The number of anilines is 2. The van der Waals surface area contributed by atoms with Gasteiger partial charge in [-0.15, -0.1) is 0 Å². The summed E-state index contributed by atoms with van der Waals surface area (Å²) >= 11 is 0. The number of carbonyl (C=O) groups is 1. The van der Waals surface area contributed by atoms with Crippen LogP contribution in [0, 0.1) is 30.9 Å². The second-order valence-corrected chi connectivity index (χ2v) is 8.50. The summed E-state index contributed by atoms with van der Waals surface area (Å²) in [5.74, 6) is -0.550. The summed E-state index contributed by atoms with van der Waals surface area (Å²) < 4.78 is 61.0. The zero-order chi connectivity index (χ0) is 22.9. The fraction of sp³-hybridized carbons (Fsp3) is 0.278. The van der Waals surface area contributed by atoms with E-state index in [1.165, 1.54) is 0 Å². The number of halogens is 3. The van der Waals surface area contributed by atoms with Crippen LogP contribution >= 0.6 is 0 Å². The van der Waals surface area contributed by atoms with E-state index in [-0.39, 0.29) is 5.69 Å². The van der Waals surface area contributed by atoms with Gasteiger partial charge in [0.05, 0.1) is 16.4 Å². The molecule has 2 N–H and O–H groups in total. The van der Waals surface area contributed by atoms with Gasteiger partial charge >= 0.3 is 5.51 Å². The van der Waals surface area contributed by atoms with Crippen molar-refractivity contribution in [3.63, 3.8) is 0 Å². The lowest BCUT2D eigenvalue weighted by Crippen LogP contribution is -2.24. The Morgan fingerprint density at radius 3 is 2.17 bits per heavy atom. The van der Waals surface area contributed by atoms with Crippen LogP contribution in [0.4, 0.5) is 30.2 Å². The third-order valence-electron chi connectivity index (χ3n) is 4.16. The van der Waals surface area contributed by atoms with Crippen LogP contribution in [0.25, 0.3) is 0 Å². The predicted molar refractivity (Wildman–Crippen MR) is 104 cm³/mol. The van der Waals surface area contributed by atoms with Crippen LogP contribution in [0.5, 0.6) is 0 Å². The maximum Gasteiger partial charge on any atom is 0.501 e. The molecule has 0 unspecified atom stereocenters. The van der Waals surface area contributed by atoms with Gasteiger partial charge in [0.25, 0.3) is 15.5 Å². The van der Waals surface area contributed by atoms with Crippen molar-refractivity contribution in [1.82, 2.24) is 0 Å². The number of nitro benzene ring substituents is 1. The summed E-state index contributed by atoms with van der Waals surface area (Å²) in [5.41, 5.74) is -3.59. The lowest BCUT2D eigenvalue weighted by atomic mass is 10.1. The predicted octanol–water partition coefficient (Wildman–Crippen LogP) is 3.86. The molecule has 0 heterocycles. The Hall–Kier alpha value is -3.15. The van der Waals surface area contributed by atoms with Crippen molar-refractivity contribution < 1.29 is 31.3 Å². The first-order valence-corrected chi connectivity index (χ1v) is 9.93. The van der Waals surface area contributed by atoms with E-state index < -0.39 is 43.3 Å². The van der Waals surface area contributed by atoms with Crippen molar-refractivity contribution >= 4 is 32.8 Å². The van der Waals surface area contributed by atoms with E-state index in [9.17, 15) is 36.5 Å². The summed E-state index contributed by atoms with van der Waals surface area (Å²) in [7, 11) is -5.75. The molecule has 0 saturated heterocycles. The average molecular weight is 445 g/mol. The average Bonchev–Trinajstić information content (AvgIpc) is 2.61. The number of nitrogens with zero attached hydrogens (tertiary/aromatic N) is 1. The monoisotopic (exact) mass is 445 g/mol. The van der Waals surface area contributed by atoms with Gasteiger partial charge in [0.15, 0.2) is 0 Å². The van der Waals surface area contributed by atoms with E-state index in [1.54, 1.807) is 13.8 Å². The number of aryl methyl sites for hydroxylation is 3. The highest BCUT2D eigenvalue weighted by atomic mass is 32.2. The standard InChI is InChI=1S/C18H18F3N3O5S/c1-10-6-11(2)17(12(3)7-10)23-16(25)9-22-14-5-4-13(8-15(14)24(26)27)30(28,29)18(19,20)21/h4-8,22H,9H2,1-3H3,(H,23,25). The number of nitro groups is 1. The third kappa shape index (κ3) is 4.87. The van der Waals surface area contributed by atoms with Crippen LogP contribution in [0.15, 0.2) is 35.2 Å². The molecule has 0 radical (unpaired) electrons. The molecule has 0 bridgehead atoms. The molecule has 30 heavy (non-hydrogen) atoms. The highest BCUT2D eigenvalue weighted by Crippen LogP contribution is 2.34. The normalized spacial score (nSPS) is 11.8. The quantitative estimate of drug-likeness (QED) is 0.515. The van der Waals surface area contributed by atoms with Crippen molar-refractivity contribution in [1.29, 1.82) is 0 Å². The van der Waals surface area contributed by atoms with Gasteiger partial charge in [-0.2, -0.15) is 13.2 Å². The number of hydrogen-bond donors (Lipinski definition) is 2. The molecule has 0 fully saturated rings. The Labute approximate surface area is 170 Å². The molecule has 0 aromatic heterocycles. The molecule has 8 nitrogen and oxygen atoms in total. The van der Waals surface area contributed by atoms with Crippen molar-refractivity contribution in [2.75, 3.05) is 17.2 Å². The Bertz CT molecular complexity index is 1090. The Balaban J connectivity index is 2.23. The topological polar surface area (TPSA) is 118 Å². The minimum absolute atomic E-state index is 0.298. The molecule has 0 aliphatic heterocycles. The van der Waals surface area contributed by atoms with Crippen LogP contribution in [-0.4, -0.2) is 31.3 Å². The van der Waals surface area contributed by atoms with E-state index in [4.69, 9.17) is 0 Å². The van der Waals surface area contributed by atoms with E-state index in [2.05, 4.69) is 10.6 Å². The first-order valence-electron chi connectivity index (χ1n) is 8.45.